The van der Waals surface area contributed by atoms with Crippen molar-refractivity contribution < 1.29 is 27.0 Å². The minimum atomic E-state index is -3.85. The van der Waals surface area contributed by atoms with E-state index in [0.29, 0.717) is 24.5 Å². The van der Waals surface area contributed by atoms with Crippen molar-refractivity contribution in [1.29, 1.82) is 0 Å². The Morgan fingerprint density at radius 3 is 2.40 bits per heavy atom. The van der Waals surface area contributed by atoms with Crippen LogP contribution in [0.5, 0.6) is 17.2 Å². The van der Waals surface area contributed by atoms with Crippen LogP contribution in [-0.4, -0.2) is 41.8 Å². The van der Waals surface area contributed by atoms with Crippen LogP contribution in [0.2, 0.25) is 0 Å². The highest BCUT2D eigenvalue weighted by Gasteiger charge is 2.16. The first-order chi connectivity index (χ1) is 14.2. The molecule has 2 aromatic carbocycles. The third-order valence-electron chi connectivity index (χ3n) is 4.52. The van der Waals surface area contributed by atoms with Crippen LogP contribution in [0.15, 0.2) is 41.3 Å². The summed E-state index contributed by atoms with van der Waals surface area (Å²) in [4.78, 5) is -0.0142. The molecule has 3 N–H and O–H groups in total. The number of halogens is 1. The Morgan fingerprint density at radius 1 is 1.03 bits per heavy atom. The molecule has 0 aliphatic carbocycles. The molecule has 9 heteroatoms. The molecule has 0 aromatic heterocycles. The maximum absolute atomic E-state index is 13.3. The van der Waals surface area contributed by atoms with Crippen molar-refractivity contribution in [3.8, 4) is 17.2 Å². The fraction of sp³-hybridized carbons (Fsp3) is 0.429. The van der Waals surface area contributed by atoms with Crippen molar-refractivity contribution in [2.45, 2.75) is 37.1 Å². The van der Waals surface area contributed by atoms with Crippen molar-refractivity contribution in [2.24, 2.45) is 5.14 Å². The van der Waals surface area contributed by atoms with E-state index >= 15 is 0 Å². The van der Waals surface area contributed by atoms with Gasteiger partial charge in [-0.15, -0.1) is 0 Å². The van der Waals surface area contributed by atoms with Gasteiger partial charge in [0.2, 0.25) is 10.0 Å². The van der Waals surface area contributed by atoms with E-state index in [0.717, 1.165) is 24.9 Å². The first kappa shape index (κ1) is 23.9. The molecular formula is C21H29FN2O5S. The van der Waals surface area contributed by atoms with E-state index in [1.54, 1.807) is 12.1 Å². The molecule has 0 bridgehead atoms. The number of benzene rings is 2. The molecule has 0 saturated carbocycles. The summed E-state index contributed by atoms with van der Waals surface area (Å²) in [6.45, 7) is 3.24. The highest BCUT2D eigenvalue weighted by molar-refractivity contribution is 7.89. The number of unbranched alkanes of at least 4 members (excludes halogenated alkanes) is 1. The number of nitrogens with two attached hydrogens (primary N) is 1. The molecule has 0 spiro atoms. The monoisotopic (exact) mass is 440 g/mol. The Bertz CT molecular complexity index is 937. The summed E-state index contributed by atoms with van der Waals surface area (Å²) >= 11 is 0. The second-order valence-electron chi connectivity index (χ2n) is 6.94. The molecule has 30 heavy (non-hydrogen) atoms. The lowest BCUT2D eigenvalue weighted by Crippen LogP contribution is -2.29. The lowest BCUT2D eigenvalue weighted by molar-refractivity contribution is 0.283. The van der Waals surface area contributed by atoms with E-state index in [9.17, 15) is 12.8 Å². The minimum Gasteiger partial charge on any atom is -0.495 e. The molecule has 7 nitrogen and oxygen atoms in total. The zero-order valence-corrected chi connectivity index (χ0v) is 18.3. The zero-order valence-electron chi connectivity index (χ0n) is 17.5. The van der Waals surface area contributed by atoms with Crippen molar-refractivity contribution >= 4 is 10.0 Å². The molecule has 2 rings (SSSR count). The number of hydrogen-bond donors (Lipinski definition) is 2. The average molecular weight is 441 g/mol. The first-order valence-electron chi connectivity index (χ1n) is 9.64. The standard InChI is InChI=1S/C21H29FN2O5S/c1-15(12-16-6-8-19(28-3)21(13-16)30(23,25)26)24-10-4-5-11-29-20-14-17(22)7-9-18(20)27-2/h6-9,13-15,24H,4-5,10-12H2,1-3H3,(H2,23,25,26). The molecule has 0 heterocycles. The summed E-state index contributed by atoms with van der Waals surface area (Å²) in [5, 5.41) is 8.66. The van der Waals surface area contributed by atoms with Gasteiger partial charge in [-0.3, -0.25) is 0 Å². The van der Waals surface area contributed by atoms with Gasteiger partial charge in [0.15, 0.2) is 11.5 Å². The van der Waals surface area contributed by atoms with Crippen LogP contribution in [0, 0.1) is 5.82 Å². The number of rotatable bonds is 12. The van der Waals surface area contributed by atoms with Gasteiger partial charge in [0.05, 0.1) is 20.8 Å². The molecule has 0 amide bonds. The van der Waals surface area contributed by atoms with Crippen LogP contribution < -0.4 is 24.7 Å². The maximum atomic E-state index is 13.3. The molecule has 0 fully saturated rings. The van der Waals surface area contributed by atoms with Crippen LogP contribution in [-0.2, 0) is 16.4 Å². The van der Waals surface area contributed by atoms with Gasteiger partial charge in [-0.05, 0) is 62.6 Å². The van der Waals surface area contributed by atoms with Gasteiger partial charge in [-0.1, -0.05) is 6.07 Å². The van der Waals surface area contributed by atoms with E-state index < -0.39 is 10.0 Å². The number of nitrogens with one attached hydrogen (secondary N) is 1. The summed E-state index contributed by atoms with van der Waals surface area (Å²) in [5.74, 6) is 0.757. The SMILES string of the molecule is COc1ccc(F)cc1OCCCCNC(C)Cc1ccc(OC)c(S(N)(=O)=O)c1. The number of sulfonamides is 1. The molecule has 0 aliphatic rings. The Kier molecular flexibility index (Phi) is 8.88. The van der Waals surface area contributed by atoms with Crippen molar-refractivity contribution in [2.75, 3.05) is 27.4 Å². The summed E-state index contributed by atoms with van der Waals surface area (Å²) in [5.41, 5.74) is 0.848. The highest BCUT2D eigenvalue weighted by Crippen LogP contribution is 2.27. The molecular weight excluding hydrogens is 411 g/mol. The Morgan fingerprint density at radius 2 is 1.73 bits per heavy atom. The number of hydrogen-bond acceptors (Lipinski definition) is 6. The van der Waals surface area contributed by atoms with Crippen molar-refractivity contribution in [3.63, 3.8) is 0 Å². The van der Waals surface area contributed by atoms with Gasteiger partial charge < -0.3 is 19.5 Å². The first-order valence-corrected chi connectivity index (χ1v) is 11.2. The molecule has 0 radical (unpaired) electrons. The normalized spacial score (nSPS) is 12.4. The summed E-state index contributed by atoms with van der Waals surface area (Å²) in [6, 6.07) is 9.29. The predicted molar refractivity (Wildman–Crippen MR) is 113 cm³/mol. The van der Waals surface area contributed by atoms with E-state index in [2.05, 4.69) is 5.32 Å². The minimum absolute atomic E-state index is 0.0142. The number of primary sulfonamides is 1. The summed E-state index contributed by atoms with van der Waals surface area (Å²) in [7, 11) is -0.935. The molecule has 1 unspecified atom stereocenters. The van der Waals surface area contributed by atoms with E-state index in [1.165, 1.54) is 32.4 Å². The lowest BCUT2D eigenvalue weighted by Gasteiger charge is -2.15. The van der Waals surface area contributed by atoms with Crippen LogP contribution in [0.3, 0.4) is 0 Å². The van der Waals surface area contributed by atoms with Crippen molar-refractivity contribution in [1.82, 2.24) is 5.32 Å². The molecule has 0 saturated heterocycles. The van der Waals surface area contributed by atoms with Crippen LogP contribution in [0.25, 0.3) is 0 Å². The van der Waals surface area contributed by atoms with Crippen LogP contribution >= 0.6 is 0 Å². The van der Waals surface area contributed by atoms with Gasteiger partial charge in [-0.25, -0.2) is 17.9 Å². The maximum Gasteiger partial charge on any atom is 0.241 e. The Labute approximate surface area is 177 Å². The quantitative estimate of drug-likeness (QED) is 0.493. The summed E-state index contributed by atoms with van der Waals surface area (Å²) in [6.07, 6.45) is 2.30. The average Bonchev–Trinajstić information content (AvgIpc) is 2.70. The van der Waals surface area contributed by atoms with Crippen LogP contribution in [0.4, 0.5) is 4.39 Å². The second-order valence-corrected chi connectivity index (χ2v) is 8.47. The van der Waals surface area contributed by atoms with Gasteiger partial charge in [-0.2, -0.15) is 0 Å². The van der Waals surface area contributed by atoms with Crippen molar-refractivity contribution in [3.05, 3.63) is 47.8 Å². The van der Waals surface area contributed by atoms with Gasteiger partial charge >= 0.3 is 0 Å². The summed E-state index contributed by atoms with van der Waals surface area (Å²) < 4.78 is 52.6. The number of ether oxygens (including phenoxy) is 3. The molecule has 0 aliphatic heterocycles. The third kappa shape index (κ3) is 7.16. The highest BCUT2D eigenvalue weighted by atomic mass is 32.2. The third-order valence-corrected chi connectivity index (χ3v) is 5.46. The van der Waals surface area contributed by atoms with Crippen LogP contribution in [0.1, 0.15) is 25.3 Å². The second kappa shape index (κ2) is 11.1. The Hall–Kier alpha value is -2.36. The van der Waals surface area contributed by atoms with E-state index in [-0.39, 0.29) is 22.5 Å². The van der Waals surface area contributed by atoms with Gasteiger partial charge in [0, 0.05) is 12.1 Å². The van der Waals surface area contributed by atoms with E-state index in [4.69, 9.17) is 19.3 Å². The fourth-order valence-corrected chi connectivity index (χ4v) is 3.76. The van der Waals surface area contributed by atoms with E-state index in [1.807, 2.05) is 13.0 Å². The topological polar surface area (TPSA) is 99.9 Å². The molecule has 1 atom stereocenters. The lowest BCUT2D eigenvalue weighted by atomic mass is 10.1. The molecule has 166 valence electrons. The predicted octanol–water partition coefficient (Wildman–Crippen LogP) is 2.87. The largest absolute Gasteiger partial charge is 0.495 e. The van der Waals surface area contributed by atoms with Gasteiger partial charge in [0.1, 0.15) is 16.5 Å². The number of methoxy groups -OCH3 is 2. The molecule has 2 aromatic rings. The van der Waals surface area contributed by atoms with Gasteiger partial charge in [0.25, 0.3) is 0 Å². The Balaban J connectivity index is 1.75. The fourth-order valence-electron chi connectivity index (χ4n) is 3.02. The zero-order chi connectivity index (χ0) is 22.1. The smallest absolute Gasteiger partial charge is 0.241 e.